The van der Waals surface area contributed by atoms with Gasteiger partial charge in [0.15, 0.2) is 4.47 Å². The number of carbonyl (C=O) groups is 1. The number of hydrogen-bond acceptors (Lipinski definition) is 4. The summed E-state index contributed by atoms with van der Waals surface area (Å²) in [6, 6.07) is 5.31. The maximum atomic E-state index is 12.2. The highest BCUT2D eigenvalue weighted by molar-refractivity contribution is 7.22. The predicted molar refractivity (Wildman–Crippen MR) is 82.8 cm³/mol. The van der Waals surface area contributed by atoms with Crippen LogP contribution in [0.1, 0.15) is 27.7 Å². The number of amides is 1. The Hall–Kier alpha value is -1.33. The van der Waals surface area contributed by atoms with Crippen LogP contribution in [0.15, 0.2) is 18.2 Å². The quantitative estimate of drug-likeness (QED) is 0.815. The molecule has 4 nitrogen and oxygen atoms in total. The third-order valence-electron chi connectivity index (χ3n) is 2.89. The molecular formula is C14H17ClN2O2S. The number of rotatable bonds is 2. The van der Waals surface area contributed by atoms with Gasteiger partial charge in [0.05, 0.1) is 10.2 Å². The smallest absolute Gasteiger partial charge is 0.410 e. The highest BCUT2D eigenvalue weighted by Gasteiger charge is 2.26. The molecule has 0 saturated carbocycles. The average molecular weight is 313 g/mol. The molecule has 1 amide bonds. The number of carbonyl (C=O) groups excluding carboxylic acids is 1. The lowest BCUT2D eigenvalue weighted by atomic mass is 10.1. The van der Waals surface area contributed by atoms with E-state index in [-0.39, 0.29) is 11.6 Å². The first-order valence-corrected chi connectivity index (χ1v) is 7.56. The van der Waals surface area contributed by atoms with Gasteiger partial charge in [-0.3, -0.25) is 0 Å². The highest BCUT2D eigenvalue weighted by atomic mass is 35.5. The fourth-order valence-electron chi connectivity index (χ4n) is 1.97. The summed E-state index contributed by atoms with van der Waals surface area (Å²) in [5.41, 5.74) is 0.534. The van der Waals surface area contributed by atoms with Gasteiger partial charge in [0.25, 0.3) is 0 Å². The van der Waals surface area contributed by atoms with Crippen LogP contribution in [0.5, 0.6) is 5.75 Å². The lowest BCUT2D eigenvalue weighted by molar-refractivity contribution is 0.111. The minimum Gasteiger partial charge on any atom is -0.410 e. The molecule has 108 valence electrons. The van der Waals surface area contributed by atoms with Crippen LogP contribution in [0.25, 0.3) is 10.2 Å². The van der Waals surface area contributed by atoms with Gasteiger partial charge in [-0.25, -0.2) is 9.78 Å². The van der Waals surface area contributed by atoms with Gasteiger partial charge in [-0.2, -0.15) is 0 Å². The van der Waals surface area contributed by atoms with Gasteiger partial charge in [-0.15, -0.1) is 11.3 Å². The van der Waals surface area contributed by atoms with Gasteiger partial charge >= 0.3 is 6.09 Å². The fourth-order valence-corrected chi connectivity index (χ4v) is 3.03. The molecule has 1 aromatic carbocycles. The first kappa shape index (κ1) is 15.1. The molecule has 6 heteroatoms. The van der Waals surface area contributed by atoms with Gasteiger partial charge in [-0.05, 0) is 39.8 Å². The van der Waals surface area contributed by atoms with Gasteiger partial charge in [0, 0.05) is 18.2 Å². The summed E-state index contributed by atoms with van der Waals surface area (Å²) in [6.07, 6.45) is -0.352. The van der Waals surface area contributed by atoms with Gasteiger partial charge in [0.1, 0.15) is 5.75 Å². The second-order valence-electron chi connectivity index (χ2n) is 5.38. The Morgan fingerprint density at radius 2 is 2.15 bits per heavy atom. The molecule has 0 atom stereocenters. The molecule has 0 bridgehead atoms. The van der Waals surface area contributed by atoms with Crippen molar-refractivity contribution in [1.29, 1.82) is 0 Å². The van der Waals surface area contributed by atoms with E-state index in [2.05, 4.69) is 4.98 Å². The Morgan fingerprint density at radius 1 is 1.45 bits per heavy atom. The number of fused-ring (bicyclic) bond motifs is 1. The average Bonchev–Trinajstić information content (AvgIpc) is 2.67. The summed E-state index contributed by atoms with van der Waals surface area (Å²) in [5.74, 6) is 0.505. The summed E-state index contributed by atoms with van der Waals surface area (Å²) in [5, 5.41) is 0. The van der Waals surface area contributed by atoms with Crippen molar-refractivity contribution in [2.75, 3.05) is 6.54 Å². The summed E-state index contributed by atoms with van der Waals surface area (Å²) < 4.78 is 6.82. The van der Waals surface area contributed by atoms with Crippen LogP contribution in [0, 0.1) is 0 Å². The number of benzene rings is 1. The second-order valence-corrected chi connectivity index (χ2v) is 6.99. The molecule has 0 aliphatic rings. The Bertz CT molecular complexity index is 634. The zero-order valence-electron chi connectivity index (χ0n) is 11.9. The van der Waals surface area contributed by atoms with E-state index in [0.717, 1.165) is 10.2 Å². The van der Waals surface area contributed by atoms with E-state index < -0.39 is 0 Å². The minimum absolute atomic E-state index is 0.274. The molecule has 2 aromatic rings. The Labute approximate surface area is 127 Å². The van der Waals surface area contributed by atoms with E-state index in [1.54, 1.807) is 23.1 Å². The van der Waals surface area contributed by atoms with Crippen LogP contribution >= 0.6 is 22.9 Å². The molecule has 1 heterocycles. The van der Waals surface area contributed by atoms with Crippen molar-refractivity contribution in [3.63, 3.8) is 0 Å². The van der Waals surface area contributed by atoms with Crippen LogP contribution in [0.2, 0.25) is 4.47 Å². The maximum Gasteiger partial charge on any atom is 0.415 e. The third-order valence-corrected chi connectivity index (χ3v) is 4.01. The normalized spacial score (nSPS) is 11.7. The highest BCUT2D eigenvalue weighted by Crippen LogP contribution is 2.29. The van der Waals surface area contributed by atoms with E-state index in [0.29, 0.717) is 16.8 Å². The third kappa shape index (κ3) is 3.22. The molecule has 0 fully saturated rings. The Balaban J connectivity index is 2.20. The standard InChI is InChI=1S/C14H17ClN2O2S/c1-5-17(14(2,3)4)13(18)19-9-6-7-10-11(8-9)20-12(15)16-10/h6-8H,5H2,1-4H3. The molecule has 0 aliphatic heterocycles. The molecule has 0 radical (unpaired) electrons. The zero-order valence-corrected chi connectivity index (χ0v) is 13.5. The van der Waals surface area contributed by atoms with Crippen molar-refractivity contribution in [3.05, 3.63) is 22.7 Å². The van der Waals surface area contributed by atoms with Crippen molar-refractivity contribution in [2.45, 2.75) is 33.2 Å². The van der Waals surface area contributed by atoms with E-state index in [1.165, 1.54) is 11.3 Å². The summed E-state index contributed by atoms with van der Waals surface area (Å²) in [6.45, 7) is 8.45. The predicted octanol–water partition coefficient (Wildman–Crippen LogP) is 4.57. The fraction of sp³-hybridized carbons (Fsp3) is 0.429. The molecule has 0 N–H and O–H groups in total. The zero-order chi connectivity index (χ0) is 14.9. The molecule has 0 aliphatic carbocycles. The first-order chi connectivity index (χ1) is 9.31. The van der Waals surface area contributed by atoms with Gasteiger partial charge in [-0.1, -0.05) is 11.6 Å². The molecule has 0 spiro atoms. The number of halogens is 1. The van der Waals surface area contributed by atoms with Crippen LogP contribution in [0.3, 0.4) is 0 Å². The van der Waals surface area contributed by atoms with Crippen molar-refractivity contribution < 1.29 is 9.53 Å². The van der Waals surface area contributed by atoms with E-state index in [4.69, 9.17) is 16.3 Å². The molecule has 2 rings (SSSR count). The summed E-state index contributed by atoms with van der Waals surface area (Å²) >= 11 is 7.23. The van der Waals surface area contributed by atoms with Crippen molar-refractivity contribution >= 4 is 39.2 Å². The van der Waals surface area contributed by atoms with Crippen molar-refractivity contribution in [1.82, 2.24) is 9.88 Å². The monoisotopic (exact) mass is 312 g/mol. The van der Waals surface area contributed by atoms with Crippen LogP contribution < -0.4 is 4.74 Å². The van der Waals surface area contributed by atoms with Gasteiger partial charge < -0.3 is 9.64 Å². The second kappa shape index (κ2) is 5.58. The van der Waals surface area contributed by atoms with Crippen molar-refractivity contribution in [2.24, 2.45) is 0 Å². The topological polar surface area (TPSA) is 42.4 Å². The first-order valence-electron chi connectivity index (χ1n) is 6.37. The lowest BCUT2D eigenvalue weighted by Gasteiger charge is -2.33. The number of hydrogen-bond donors (Lipinski definition) is 0. The van der Waals surface area contributed by atoms with E-state index in [1.807, 2.05) is 27.7 Å². The molecule has 1 aromatic heterocycles. The molecular weight excluding hydrogens is 296 g/mol. The lowest BCUT2D eigenvalue weighted by Crippen LogP contribution is -2.46. The van der Waals surface area contributed by atoms with Gasteiger partial charge in [0.2, 0.25) is 0 Å². The minimum atomic E-state index is -0.352. The molecule has 20 heavy (non-hydrogen) atoms. The number of aromatic nitrogens is 1. The van der Waals surface area contributed by atoms with Crippen molar-refractivity contribution in [3.8, 4) is 5.75 Å². The maximum absolute atomic E-state index is 12.2. The number of ether oxygens (including phenoxy) is 1. The SMILES string of the molecule is CCN(C(=O)Oc1ccc2nc(Cl)sc2c1)C(C)(C)C. The number of thiazole rings is 1. The largest absolute Gasteiger partial charge is 0.415 e. The Kier molecular flexibility index (Phi) is 4.20. The Morgan fingerprint density at radius 3 is 2.75 bits per heavy atom. The van der Waals surface area contributed by atoms with E-state index in [9.17, 15) is 4.79 Å². The molecule has 0 saturated heterocycles. The summed E-state index contributed by atoms with van der Waals surface area (Å²) in [7, 11) is 0. The van der Waals surface area contributed by atoms with Crippen LogP contribution in [-0.2, 0) is 0 Å². The summed E-state index contributed by atoms with van der Waals surface area (Å²) in [4.78, 5) is 18.0. The van der Waals surface area contributed by atoms with E-state index >= 15 is 0 Å². The molecule has 0 unspecified atom stereocenters. The van der Waals surface area contributed by atoms with Crippen LogP contribution in [-0.4, -0.2) is 28.1 Å². The number of nitrogens with zero attached hydrogens (tertiary/aromatic N) is 2. The van der Waals surface area contributed by atoms with Crippen LogP contribution in [0.4, 0.5) is 4.79 Å².